The van der Waals surface area contributed by atoms with Crippen molar-refractivity contribution in [2.75, 3.05) is 6.61 Å². The molecule has 1 heterocycles. The highest BCUT2D eigenvalue weighted by Gasteiger charge is 2.24. The Balaban J connectivity index is 1.52. The van der Waals surface area contributed by atoms with Gasteiger partial charge >= 0.3 is 12.0 Å². The van der Waals surface area contributed by atoms with Crippen molar-refractivity contribution in [2.45, 2.75) is 59.0 Å². The maximum atomic E-state index is 12.5. The fourth-order valence-electron chi connectivity index (χ4n) is 4.00. The van der Waals surface area contributed by atoms with Gasteiger partial charge in [0.2, 0.25) is 0 Å². The summed E-state index contributed by atoms with van der Waals surface area (Å²) in [6.45, 7) is 5.61. The average molecular weight is 427 g/mol. The predicted molar refractivity (Wildman–Crippen MR) is 116 cm³/mol. The molecule has 0 radical (unpaired) electrons. The summed E-state index contributed by atoms with van der Waals surface area (Å²) in [5, 5.41) is 9.50. The first-order valence-corrected chi connectivity index (χ1v) is 10.7. The third kappa shape index (κ3) is 5.93. The summed E-state index contributed by atoms with van der Waals surface area (Å²) in [4.78, 5) is 36.7. The van der Waals surface area contributed by atoms with E-state index >= 15 is 0 Å². The van der Waals surface area contributed by atoms with Gasteiger partial charge in [-0.1, -0.05) is 50.1 Å². The predicted octanol–water partition coefficient (Wildman–Crippen LogP) is 3.11. The van der Waals surface area contributed by atoms with Gasteiger partial charge in [-0.2, -0.15) is 5.10 Å². The number of nitrogens with zero attached hydrogens (tertiary/aromatic N) is 2. The topological polar surface area (TPSA) is 102 Å². The minimum absolute atomic E-state index is 0.0600. The zero-order valence-electron chi connectivity index (χ0n) is 18.3. The largest absolute Gasteiger partial charge is 0.452 e. The Bertz CT molecular complexity index is 939. The van der Waals surface area contributed by atoms with Gasteiger partial charge < -0.3 is 10.1 Å². The molecule has 1 aliphatic carbocycles. The van der Waals surface area contributed by atoms with Crippen molar-refractivity contribution < 1.29 is 19.1 Å². The fraction of sp³-hybridized carbons (Fsp3) is 0.478. The van der Waals surface area contributed by atoms with Crippen LogP contribution in [0.25, 0.3) is 0 Å². The average Bonchev–Trinajstić information content (AvgIpc) is 3.01. The molecule has 0 bridgehead atoms. The first-order chi connectivity index (χ1) is 14.8. The Morgan fingerprint density at radius 1 is 1.13 bits per heavy atom. The van der Waals surface area contributed by atoms with Crippen molar-refractivity contribution in [1.29, 1.82) is 0 Å². The van der Waals surface area contributed by atoms with E-state index in [1.165, 1.54) is 0 Å². The summed E-state index contributed by atoms with van der Waals surface area (Å²) in [7, 11) is 0. The highest BCUT2D eigenvalue weighted by molar-refractivity contribution is 5.97. The van der Waals surface area contributed by atoms with Crippen LogP contribution in [0.4, 0.5) is 4.79 Å². The molecule has 0 unspecified atom stereocenters. The second kappa shape index (κ2) is 10.2. The molecule has 0 spiro atoms. The summed E-state index contributed by atoms with van der Waals surface area (Å²) in [5.74, 6) is -0.919. The summed E-state index contributed by atoms with van der Waals surface area (Å²) in [5.41, 5.74) is 2.59. The molecule has 31 heavy (non-hydrogen) atoms. The van der Waals surface area contributed by atoms with E-state index in [2.05, 4.69) is 22.7 Å². The standard InChI is InChI=1S/C23H30N4O4/c1-15-9-7-8-12-19(15)24-23(30)25-20(28)14-31-22(29)21-16(2)26-27(17(21)3)13-18-10-5-4-6-11-18/h4-6,10-11,15,19H,7-9,12-14H2,1-3H3,(H2,24,25,28,30)/t15-,19+/m0/s1. The zero-order valence-corrected chi connectivity index (χ0v) is 18.3. The van der Waals surface area contributed by atoms with Crippen LogP contribution in [0.2, 0.25) is 0 Å². The van der Waals surface area contributed by atoms with Crippen LogP contribution in [0.5, 0.6) is 0 Å². The molecule has 8 nitrogen and oxygen atoms in total. The molecule has 3 amide bonds. The number of rotatable bonds is 6. The van der Waals surface area contributed by atoms with E-state index in [4.69, 9.17) is 4.74 Å². The molecule has 3 rings (SSSR count). The van der Waals surface area contributed by atoms with E-state index in [1.54, 1.807) is 18.5 Å². The van der Waals surface area contributed by atoms with Gasteiger partial charge in [0.05, 0.1) is 17.9 Å². The van der Waals surface area contributed by atoms with Crippen molar-refractivity contribution >= 4 is 17.9 Å². The van der Waals surface area contributed by atoms with Crippen LogP contribution in [0.3, 0.4) is 0 Å². The lowest BCUT2D eigenvalue weighted by Gasteiger charge is -2.29. The third-order valence-electron chi connectivity index (χ3n) is 5.78. The molecule has 1 saturated carbocycles. The lowest BCUT2D eigenvalue weighted by molar-refractivity contribution is -0.123. The van der Waals surface area contributed by atoms with E-state index in [9.17, 15) is 14.4 Å². The van der Waals surface area contributed by atoms with E-state index in [-0.39, 0.29) is 6.04 Å². The fourth-order valence-corrected chi connectivity index (χ4v) is 4.00. The van der Waals surface area contributed by atoms with Crippen LogP contribution in [-0.2, 0) is 16.1 Å². The van der Waals surface area contributed by atoms with Crippen LogP contribution in [0.15, 0.2) is 30.3 Å². The highest BCUT2D eigenvalue weighted by atomic mass is 16.5. The molecule has 2 aromatic rings. The number of imide groups is 1. The Hall–Kier alpha value is -3.16. The number of carbonyl (C=O) groups excluding carboxylic acids is 3. The molecular formula is C23H30N4O4. The number of ether oxygens (including phenoxy) is 1. The number of nitrogens with one attached hydrogen (secondary N) is 2. The molecule has 2 atom stereocenters. The maximum absolute atomic E-state index is 12.5. The van der Waals surface area contributed by atoms with E-state index < -0.39 is 24.5 Å². The van der Waals surface area contributed by atoms with Crippen LogP contribution in [0, 0.1) is 19.8 Å². The van der Waals surface area contributed by atoms with Gasteiger partial charge in [-0.15, -0.1) is 0 Å². The first-order valence-electron chi connectivity index (χ1n) is 10.7. The Morgan fingerprint density at radius 3 is 2.55 bits per heavy atom. The van der Waals surface area contributed by atoms with Crippen molar-refractivity contribution in [1.82, 2.24) is 20.4 Å². The SMILES string of the molecule is Cc1nn(Cc2ccccc2)c(C)c1C(=O)OCC(=O)NC(=O)N[C@@H]1CCCC[C@@H]1C. The van der Waals surface area contributed by atoms with Gasteiger partial charge in [0, 0.05) is 6.04 Å². The molecule has 1 aromatic heterocycles. The third-order valence-corrected chi connectivity index (χ3v) is 5.78. The summed E-state index contributed by atoms with van der Waals surface area (Å²) < 4.78 is 6.88. The van der Waals surface area contributed by atoms with E-state index in [0.29, 0.717) is 29.4 Å². The number of aryl methyl sites for hydroxylation is 1. The number of esters is 1. The molecule has 1 aliphatic rings. The monoisotopic (exact) mass is 426 g/mol. The van der Waals surface area contributed by atoms with E-state index in [1.807, 2.05) is 30.3 Å². The molecule has 1 fully saturated rings. The lowest BCUT2D eigenvalue weighted by atomic mass is 9.86. The van der Waals surface area contributed by atoms with Crippen molar-refractivity contribution in [3.05, 3.63) is 52.8 Å². The van der Waals surface area contributed by atoms with Crippen molar-refractivity contribution in [2.24, 2.45) is 5.92 Å². The number of carbonyl (C=O) groups is 3. The zero-order chi connectivity index (χ0) is 22.4. The molecular weight excluding hydrogens is 396 g/mol. The van der Waals surface area contributed by atoms with Gasteiger partial charge in [0.25, 0.3) is 5.91 Å². The summed E-state index contributed by atoms with van der Waals surface area (Å²) in [6, 6.07) is 9.30. The number of hydrogen-bond acceptors (Lipinski definition) is 5. The summed E-state index contributed by atoms with van der Waals surface area (Å²) in [6.07, 6.45) is 4.20. The van der Waals surface area contributed by atoms with Crippen molar-refractivity contribution in [3.8, 4) is 0 Å². The quantitative estimate of drug-likeness (QED) is 0.691. The summed E-state index contributed by atoms with van der Waals surface area (Å²) >= 11 is 0. The number of hydrogen-bond donors (Lipinski definition) is 2. The number of aromatic nitrogens is 2. The number of urea groups is 1. The molecule has 1 aromatic carbocycles. The van der Waals surface area contributed by atoms with Crippen LogP contribution in [0.1, 0.15) is 59.9 Å². The molecule has 2 N–H and O–H groups in total. The van der Waals surface area contributed by atoms with Gasteiger partial charge in [-0.05, 0) is 38.2 Å². The lowest BCUT2D eigenvalue weighted by Crippen LogP contribution is -2.48. The Kier molecular flexibility index (Phi) is 7.44. The van der Waals surface area contributed by atoms with Crippen LogP contribution >= 0.6 is 0 Å². The number of amides is 3. The minimum Gasteiger partial charge on any atom is -0.452 e. The minimum atomic E-state index is -0.665. The Morgan fingerprint density at radius 2 is 1.84 bits per heavy atom. The van der Waals surface area contributed by atoms with Gasteiger partial charge in [0.1, 0.15) is 5.56 Å². The van der Waals surface area contributed by atoms with Crippen LogP contribution in [-0.4, -0.2) is 40.3 Å². The van der Waals surface area contributed by atoms with E-state index in [0.717, 1.165) is 31.2 Å². The molecule has 8 heteroatoms. The second-order valence-corrected chi connectivity index (χ2v) is 8.16. The maximum Gasteiger partial charge on any atom is 0.342 e. The molecule has 0 saturated heterocycles. The molecule has 0 aliphatic heterocycles. The normalized spacial score (nSPS) is 18.3. The van der Waals surface area contributed by atoms with Crippen molar-refractivity contribution in [3.63, 3.8) is 0 Å². The van der Waals surface area contributed by atoms with Crippen LogP contribution < -0.4 is 10.6 Å². The van der Waals surface area contributed by atoms with Gasteiger partial charge in [-0.3, -0.25) is 14.8 Å². The van der Waals surface area contributed by atoms with Gasteiger partial charge in [0.15, 0.2) is 6.61 Å². The Labute approximate surface area is 182 Å². The first kappa shape index (κ1) is 22.5. The highest BCUT2D eigenvalue weighted by Crippen LogP contribution is 2.23. The van der Waals surface area contributed by atoms with Gasteiger partial charge in [-0.25, -0.2) is 9.59 Å². The number of benzene rings is 1. The smallest absolute Gasteiger partial charge is 0.342 e. The molecule has 166 valence electrons. The second-order valence-electron chi connectivity index (χ2n) is 8.16.